The van der Waals surface area contributed by atoms with E-state index in [2.05, 4.69) is 25.1 Å². The number of rotatable bonds is 8. The molecule has 10 nitrogen and oxygen atoms in total. The summed E-state index contributed by atoms with van der Waals surface area (Å²) >= 11 is 5.97. The van der Waals surface area contributed by atoms with Crippen molar-refractivity contribution in [3.8, 4) is 17.0 Å². The SMILES string of the molecule is COc1cc(Cl)ccc1S(=O)(=O)N[C@H](c1n[nH]c(=O)o1)[C@H](C)c1c(F)ccc(-c2cc(C)n[nH]2)c1C. The van der Waals surface area contributed by atoms with Crippen molar-refractivity contribution in [2.45, 2.75) is 37.6 Å². The Labute approximate surface area is 210 Å². The number of H-pyrrole nitrogens is 2. The maximum Gasteiger partial charge on any atom is 0.434 e. The number of aromatic nitrogens is 4. The Morgan fingerprint density at radius 2 is 1.89 bits per heavy atom. The molecule has 0 aliphatic heterocycles. The number of sulfonamides is 1. The molecule has 36 heavy (non-hydrogen) atoms. The summed E-state index contributed by atoms with van der Waals surface area (Å²) < 4.78 is 54.9. The molecule has 0 bridgehead atoms. The second-order valence-electron chi connectivity index (χ2n) is 8.19. The predicted octanol–water partition coefficient (Wildman–Crippen LogP) is 3.99. The lowest BCUT2D eigenvalue weighted by molar-refractivity contribution is 0.374. The van der Waals surface area contributed by atoms with Crippen LogP contribution in [0.25, 0.3) is 11.3 Å². The van der Waals surface area contributed by atoms with Crippen LogP contribution in [0.15, 0.2) is 50.5 Å². The summed E-state index contributed by atoms with van der Waals surface area (Å²) in [7, 11) is -2.98. The highest BCUT2D eigenvalue weighted by Crippen LogP contribution is 2.38. The van der Waals surface area contributed by atoms with E-state index in [9.17, 15) is 13.2 Å². The summed E-state index contributed by atoms with van der Waals surface area (Å²) in [6, 6.07) is 7.47. The minimum absolute atomic E-state index is 0.00357. The van der Waals surface area contributed by atoms with Gasteiger partial charge in [-0.05, 0) is 55.3 Å². The standard InChI is InChI=1S/C23H23ClFN5O5S/c1-11-9-17(27-26-11)15-6-7-16(25)20(12(15)2)13(3)21(22-28-29-23(31)35-22)30-36(32,33)19-8-5-14(24)10-18(19)34-4/h5-10,13,21,30H,1-4H3,(H,26,27)(H,29,31)/t13-,21+/m1/s1. The quantitative estimate of drug-likeness (QED) is 0.309. The van der Waals surface area contributed by atoms with Crippen molar-refractivity contribution in [1.82, 2.24) is 25.1 Å². The van der Waals surface area contributed by atoms with Crippen molar-refractivity contribution in [2.24, 2.45) is 0 Å². The molecule has 2 atom stereocenters. The van der Waals surface area contributed by atoms with Crippen LogP contribution in [0.2, 0.25) is 5.02 Å². The highest BCUT2D eigenvalue weighted by Gasteiger charge is 2.34. The number of aryl methyl sites for hydroxylation is 1. The van der Waals surface area contributed by atoms with Gasteiger partial charge < -0.3 is 9.15 Å². The number of hydrogen-bond donors (Lipinski definition) is 3. The zero-order chi connectivity index (χ0) is 26.2. The van der Waals surface area contributed by atoms with Crippen molar-refractivity contribution in [1.29, 1.82) is 0 Å². The molecule has 13 heteroatoms. The number of methoxy groups -OCH3 is 1. The molecule has 4 rings (SSSR count). The first-order chi connectivity index (χ1) is 17.0. The van der Waals surface area contributed by atoms with Gasteiger partial charge in [0.05, 0.1) is 18.5 Å². The van der Waals surface area contributed by atoms with Gasteiger partial charge in [-0.15, -0.1) is 5.10 Å². The molecule has 0 amide bonds. The van der Waals surface area contributed by atoms with E-state index in [1.165, 1.54) is 31.4 Å². The van der Waals surface area contributed by atoms with Crippen molar-refractivity contribution in [2.75, 3.05) is 7.11 Å². The number of benzene rings is 2. The zero-order valence-corrected chi connectivity index (χ0v) is 21.3. The second kappa shape index (κ2) is 9.88. The van der Waals surface area contributed by atoms with Crippen molar-refractivity contribution < 1.29 is 22.0 Å². The van der Waals surface area contributed by atoms with Gasteiger partial charge in [-0.3, -0.25) is 5.10 Å². The molecule has 0 aliphatic rings. The first-order valence-electron chi connectivity index (χ1n) is 10.7. The highest BCUT2D eigenvalue weighted by atomic mass is 35.5. The average molecular weight is 536 g/mol. The van der Waals surface area contributed by atoms with Crippen LogP contribution in [0.5, 0.6) is 5.75 Å². The third-order valence-corrected chi connectivity index (χ3v) is 7.55. The minimum atomic E-state index is -4.28. The molecule has 0 radical (unpaired) electrons. The average Bonchev–Trinajstić information content (AvgIpc) is 3.45. The third-order valence-electron chi connectivity index (χ3n) is 5.83. The topological polar surface area (TPSA) is 143 Å². The van der Waals surface area contributed by atoms with E-state index in [0.29, 0.717) is 16.8 Å². The lowest BCUT2D eigenvalue weighted by atomic mass is 9.87. The lowest BCUT2D eigenvalue weighted by Crippen LogP contribution is -2.33. The van der Waals surface area contributed by atoms with Gasteiger partial charge in [0.1, 0.15) is 22.5 Å². The van der Waals surface area contributed by atoms with Crippen LogP contribution in [0.1, 0.15) is 41.6 Å². The van der Waals surface area contributed by atoms with Gasteiger partial charge in [-0.2, -0.15) is 9.82 Å². The molecule has 2 aromatic carbocycles. The molecule has 2 heterocycles. The van der Waals surface area contributed by atoms with Crippen LogP contribution in [0, 0.1) is 19.7 Å². The van der Waals surface area contributed by atoms with E-state index < -0.39 is 33.6 Å². The van der Waals surface area contributed by atoms with E-state index in [-0.39, 0.29) is 27.1 Å². The summed E-state index contributed by atoms with van der Waals surface area (Å²) in [6.45, 7) is 5.14. The molecular weight excluding hydrogens is 513 g/mol. The van der Waals surface area contributed by atoms with E-state index in [1.807, 2.05) is 13.0 Å². The van der Waals surface area contributed by atoms with Crippen molar-refractivity contribution in [3.05, 3.63) is 80.5 Å². The van der Waals surface area contributed by atoms with E-state index in [0.717, 1.165) is 5.69 Å². The van der Waals surface area contributed by atoms with Gasteiger partial charge in [0.2, 0.25) is 15.9 Å². The maximum absolute atomic E-state index is 15.2. The van der Waals surface area contributed by atoms with Crippen LogP contribution < -0.4 is 15.2 Å². The number of ether oxygens (including phenoxy) is 1. The Bertz CT molecular complexity index is 1580. The smallest absolute Gasteiger partial charge is 0.434 e. The first-order valence-corrected chi connectivity index (χ1v) is 12.6. The summed E-state index contributed by atoms with van der Waals surface area (Å²) in [5.41, 5.74) is 2.87. The van der Waals surface area contributed by atoms with E-state index >= 15 is 4.39 Å². The normalized spacial score (nSPS) is 13.5. The van der Waals surface area contributed by atoms with Gasteiger partial charge in [-0.1, -0.05) is 18.5 Å². The van der Waals surface area contributed by atoms with E-state index in [4.69, 9.17) is 20.8 Å². The Hall–Kier alpha value is -3.48. The van der Waals surface area contributed by atoms with Gasteiger partial charge >= 0.3 is 5.76 Å². The summed E-state index contributed by atoms with van der Waals surface area (Å²) in [5.74, 6) is -2.57. The molecule has 190 valence electrons. The Kier molecular flexibility index (Phi) is 7.03. The number of hydrogen-bond acceptors (Lipinski definition) is 7. The summed E-state index contributed by atoms with van der Waals surface area (Å²) in [5, 5.41) is 13.2. The van der Waals surface area contributed by atoms with Crippen LogP contribution in [-0.2, 0) is 10.0 Å². The molecular formula is C23H23ClFN5O5S. The van der Waals surface area contributed by atoms with Crippen molar-refractivity contribution >= 4 is 21.6 Å². The molecule has 0 aliphatic carbocycles. The predicted molar refractivity (Wildman–Crippen MR) is 130 cm³/mol. The second-order valence-corrected chi connectivity index (χ2v) is 10.3. The van der Waals surface area contributed by atoms with Gasteiger partial charge in [0.15, 0.2) is 0 Å². The molecule has 0 unspecified atom stereocenters. The summed E-state index contributed by atoms with van der Waals surface area (Å²) in [4.78, 5) is 11.5. The third kappa shape index (κ3) is 4.92. The number of nitrogens with one attached hydrogen (secondary N) is 3. The Morgan fingerprint density at radius 1 is 1.14 bits per heavy atom. The van der Waals surface area contributed by atoms with Crippen LogP contribution in [0.3, 0.4) is 0 Å². The number of aromatic amines is 2. The van der Waals surface area contributed by atoms with Crippen molar-refractivity contribution in [3.63, 3.8) is 0 Å². The van der Waals surface area contributed by atoms with Crippen LogP contribution in [0.4, 0.5) is 4.39 Å². The molecule has 0 saturated carbocycles. The first kappa shape index (κ1) is 25.6. The van der Waals surface area contributed by atoms with Crippen LogP contribution in [-0.4, -0.2) is 35.9 Å². The monoisotopic (exact) mass is 535 g/mol. The molecule has 2 aromatic heterocycles. The summed E-state index contributed by atoms with van der Waals surface area (Å²) in [6.07, 6.45) is 0. The van der Waals surface area contributed by atoms with Gasteiger partial charge in [0, 0.05) is 22.6 Å². The number of nitrogens with zero attached hydrogens (tertiary/aromatic N) is 2. The molecule has 3 N–H and O–H groups in total. The molecule has 0 spiro atoms. The zero-order valence-electron chi connectivity index (χ0n) is 19.7. The Morgan fingerprint density at radius 3 is 2.50 bits per heavy atom. The lowest BCUT2D eigenvalue weighted by Gasteiger charge is -2.25. The fourth-order valence-electron chi connectivity index (χ4n) is 4.11. The van der Waals surface area contributed by atoms with Gasteiger partial charge in [0.25, 0.3) is 0 Å². The van der Waals surface area contributed by atoms with E-state index in [1.54, 1.807) is 19.9 Å². The highest BCUT2D eigenvalue weighted by molar-refractivity contribution is 7.89. The van der Waals surface area contributed by atoms with Gasteiger partial charge in [-0.25, -0.2) is 22.7 Å². The number of halogens is 2. The largest absolute Gasteiger partial charge is 0.495 e. The fourth-order valence-corrected chi connectivity index (χ4v) is 5.69. The molecule has 4 aromatic rings. The fraction of sp³-hybridized carbons (Fsp3) is 0.261. The molecule has 0 saturated heterocycles. The minimum Gasteiger partial charge on any atom is -0.495 e. The van der Waals surface area contributed by atoms with Crippen LogP contribution >= 0.6 is 11.6 Å². The Balaban J connectivity index is 1.82. The maximum atomic E-state index is 15.2. The molecule has 0 fully saturated rings.